The van der Waals surface area contributed by atoms with E-state index in [0.717, 1.165) is 0 Å². The van der Waals surface area contributed by atoms with Crippen LogP contribution in [0.15, 0.2) is 11.3 Å². The minimum atomic E-state index is -0.741. The van der Waals surface area contributed by atoms with Crippen molar-refractivity contribution in [2.45, 2.75) is 46.6 Å². The number of nitrogens with two attached hydrogens (primary N) is 1. The fourth-order valence-electron chi connectivity index (χ4n) is 1.31. The molecule has 0 aliphatic heterocycles. The Morgan fingerprint density at radius 3 is 2.24 bits per heavy atom. The van der Waals surface area contributed by atoms with Gasteiger partial charge in [-0.05, 0) is 31.3 Å². The standard InChI is InChI=1S/C12H22N2O3/c1-5-8(4)10(15)12(17)14-9(11(13)16)6-7(2)3/h7,9,15H,5-6H2,1-4H3,(H2,13,16)(H,14,17)/b10-8-/t9-/m0/s1. The minimum Gasteiger partial charge on any atom is -0.503 e. The molecule has 4 N–H and O–H groups in total. The summed E-state index contributed by atoms with van der Waals surface area (Å²) in [6.07, 6.45) is 1.03. The fraction of sp³-hybridized carbons (Fsp3) is 0.667. The molecule has 5 nitrogen and oxygen atoms in total. The van der Waals surface area contributed by atoms with E-state index in [4.69, 9.17) is 5.73 Å². The van der Waals surface area contributed by atoms with Crippen molar-refractivity contribution in [1.82, 2.24) is 5.32 Å². The summed E-state index contributed by atoms with van der Waals surface area (Å²) < 4.78 is 0. The molecular formula is C12H22N2O3. The van der Waals surface area contributed by atoms with Crippen molar-refractivity contribution in [3.05, 3.63) is 11.3 Å². The normalized spacial score (nSPS) is 14.2. The molecule has 0 spiro atoms. The summed E-state index contributed by atoms with van der Waals surface area (Å²) in [6, 6.07) is -0.741. The van der Waals surface area contributed by atoms with Crippen LogP contribution in [0.1, 0.15) is 40.5 Å². The maximum atomic E-state index is 11.6. The number of amides is 2. The molecule has 0 saturated carbocycles. The summed E-state index contributed by atoms with van der Waals surface area (Å²) in [6.45, 7) is 7.35. The van der Waals surface area contributed by atoms with Crippen molar-refractivity contribution in [3.8, 4) is 0 Å². The molecule has 5 heteroatoms. The molecule has 0 aliphatic rings. The van der Waals surface area contributed by atoms with Gasteiger partial charge in [0.1, 0.15) is 6.04 Å². The van der Waals surface area contributed by atoms with Crippen molar-refractivity contribution in [3.63, 3.8) is 0 Å². The molecule has 0 heterocycles. The lowest BCUT2D eigenvalue weighted by Crippen LogP contribution is -2.45. The zero-order valence-corrected chi connectivity index (χ0v) is 10.9. The average molecular weight is 242 g/mol. The van der Waals surface area contributed by atoms with E-state index in [1.54, 1.807) is 6.92 Å². The number of hydrogen-bond acceptors (Lipinski definition) is 3. The molecule has 0 rings (SSSR count). The third-order valence-corrected chi connectivity index (χ3v) is 2.51. The number of carbonyl (C=O) groups excluding carboxylic acids is 2. The van der Waals surface area contributed by atoms with Crippen LogP contribution < -0.4 is 11.1 Å². The van der Waals surface area contributed by atoms with Crippen LogP contribution in [0.3, 0.4) is 0 Å². The van der Waals surface area contributed by atoms with Gasteiger partial charge in [0, 0.05) is 0 Å². The van der Waals surface area contributed by atoms with E-state index in [2.05, 4.69) is 5.32 Å². The highest BCUT2D eigenvalue weighted by molar-refractivity contribution is 5.95. The van der Waals surface area contributed by atoms with Gasteiger partial charge < -0.3 is 16.2 Å². The Hall–Kier alpha value is -1.52. The molecule has 0 aromatic rings. The first-order valence-electron chi connectivity index (χ1n) is 5.78. The molecule has 0 unspecified atom stereocenters. The summed E-state index contributed by atoms with van der Waals surface area (Å²) in [4.78, 5) is 22.8. The largest absolute Gasteiger partial charge is 0.503 e. The van der Waals surface area contributed by atoms with Crippen LogP contribution in [0.2, 0.25) is 0 Å². The Morgan fingerprint density at radius 2 is 1.88 bits per heavy atom. The lowest BCUT2D eigenvalue weighted by Gasteiger charge is -2.17. The molecule has 0 saturated heterocycles. The SMILES string of the molecule is CC/C(C)=C(\O)C(=O)N[C@@H](CC(C)C)C(N)=O. The molecule has 0 fully saturated rings. The number of primary amides is 1. The van der Waals surface area contributed by atoms with E-state index in [0.29, 0.717) is 18.4 Å². The van der Waals surface area contributed by atoms with Gasteiger partial charge in [-0.2, -0.15) is 0 Å². The van der Waals surface area contributed by atoms with Gasteiger partial charge in [0.2, 0.25) is 5.91 Å². The molecule has 1 atom stereocenters. The second-order valence-corrected chi connectivity index (χ2v) is 4.54. The predicted octanol–water partition coefficient (Wildman–Crippen LogP) is 1.24. The van der Waals surface area contributed by atoms with Gasteiger partial charge in [-0.25, -0.2) is 0 Å². The van der Waals surface area contributed by atoms with Gasteiger partial charge in [0.15, 0.2) is 5.76 Å². The first-order chi connectivity index (χ1) is 7.79. The Kier molecular flexibility index (Phi) is 6.31. The van der Waals surface area contributed by atoms with Crippen LogP contribution in [0.4, 0.5) is 0 Å². The van der Waals surface area contributed by atoms with Crippen LogP contribution >= 0.6 is 0 Å². The second kappa shape index (κ2) is 6.93. The van der Waals surface area contributed by atoms with E-state index < -0.39 is 17.9 Å². The summed E-state index contributed by atoms with van der Waals surface area (Å²) in [7, 11) is 0. The van der Waals surface area contributed by atoms with Gasteiger partial charge in [-0.15, -0.1) is 0 Å². The van der Waals surface area contributed by atoms with E-state index >= 15 is 0 Å². The summed E-state index contributed by atoms with van der Waals surface area (Å²) in [5.74, 6) is -1.34. The molecule has 98 valence electrons. The highest BCUT2D eigenvalue weighted by Crippen LogP contribution is 2.08. The van der Waals surface area contributed by atoms with Crippen LogP contribution in [0.25, 0.3) is 0 Å². The number of rotatable bonds is 6. The maximum Gasteiger partial charge on any atom is 0.286 e. The summed E-state index contributed by atoms with van der Waals surface area (Å²) >= 11 is 0. The summed E-state index contributed by atoms with van der Waals surface area (Å²) in [5.41, 5.74) is 5.77. The predicted molar refractivity (Wildman–Crippen MR) is 66.2 cm³/mol. The Bertz CT molecular complexity index is 322. The average Bonchev–Trinajstić information content (AvgIpc) is 2.25. The van der Waals surface area contributed by atoms with E-state index in [1.807, 2.05) is 20.8 Å². The lowest BCUT2D eigenvalue weighted by atomic mass is 10.0. The third kappa shape index (κ3) is 5.38. The lowest BCUT2D eigenvalue weighted by molar-refractivity contribution is -0.127. The first kappa shape index (κ1) is 15.5. The van der Waals surface area contributed by atoms with Crippen molar-refractivity contribution < 1.29 is 14.7 Å². The zero-order chi connectivity index (χ0) is 13.6. The number of nitrogens with one attached hydrogen (secondary N) is 1. The highest BCUT2D eigenvalue weighted by atomic mass is 16.3. The number of carbonyl (C=O) groups is 2. The third-order valence-electron chi connectivity index (χ3n) is 2.51. The quantitative estimate of drug-likeness (QED) is 0.483. The van der Waals surface area contributed by atoms with Gasteiger partial charge in [0.25, 0.3) is 5.91 Å². The molecule has 0 radical (unpaired) electrons. The number of aliphatic hydroxyl groups excluding tert-OH is 1. The molecule has 0 bridgehead atoms. The van der Waals surface area contributed by atoms with Gasteiger partial charge >= 0.3 is 0 Å². The Morgan fingerprint density at radius 1 is 1.35 bits per heavy atom. The minimum absolute atomic E-state index is 0.228. The van der Waals surface area contributed by atoms with Crippen LogP contribution in [0, 0.1) is 5.92 Å². The molecular weight excluding hydrogens is 220 g/mol. The monoisotopic (exact) mass is 242 g/mol. The molecule has 0 aliphatic carbocycles. The Balaban J connectivity index is 4.68. The van der Waals surface area contributed by atoms with Crippen molar-refractivity contribution >= 4 is 11.8 Å². The van der Waals surface area contributed by atoms with Crippen molar-refractivity contribution in [2.24, 2.45) is 11.7 Å². The second-order valence-electron chi connectivity index (χ2n) is 4.54. The fourth-order valence-corrected chi connectivity index (χ4v) is 1.31. The number of allylic oxidation sites excluding steroid dienone is 1. The van der Waals surface area contributed by atoms with Crippen molar-refractivity contribution in [2.75, 3.05) is 0 Å². The van der Waals surface area contributed by atoms with Crippen LogP contribution in [-0.2, 0) is 9.59 Å². The van der Waals surface area contributed by atoms with Crippen LogP contribution in [0.5, 0.6) is 0 Å². The highest BCUT2D eigenvalue weighted by Gasteiger charge is 2.21. The molecule has 0 aromatic heterocycles. The topological polar surface area (TPSA) is 92.4 Å². The number of hydrogen-bond donors (Lipinski definition) is 3. The molecule has 17 heavy (non-hydrogen) atoms. The van der Waals surface area contributed by atoms with E-state index in [-0.39, 0.29) is 11.7 Å². The van der Waals surface area contributed by atoms with Gasteiger partial charge in [0.05, 0.1) is 0 Å². The zero-order valence-electron chi connectivity index (χ0n) is 10.9. The smallest absolute Gasteiger partial charge is 0.286 e. The maximum absolute atomic E-state index is 11.6. The van der Waals surface area contributed by atoms with Crippen molar-refractivity contribution in [1.29, 1.82) is 0 Å². The molecule has 2 amide bonds. The summed E-state index contributed by atoms with van der Waals surface area (Å²) in [5, 5.41) is 12.0. The van der Waals surface area contributed by atoms with Crippen LogP contribution in [-0.4, -0.2) is 23.0 Å². The Labute approximate surface area is 102 Å². The van der Waals surface area contributed by atoms with E-state index in [9.17, 15) is 14.7 Å². The first-order valence-corrected chi connectivity index (χ1v) is 5.78. The molecule has 0 aromatic carbocycles. The number of aliphatic hydroxyl groups is 1. The van der Waals surface area contributed by atoms with Gasteiger partial charge in [-0.3, -0.25) is 9.59 Å². The van der Waals surface area contributed by atoms with E-state index in [1.165, 1.54) is 0 Å². The van der Waals surface area contributed by atoms with Gasteiger partial charge in [-0.1, -0.05) is 20.8 Å².